The van der Waals surface area contributed by atoms with E-state index in [-0.39, 0.29) is 81.6 Å². The molecule has 44 nitrogen and oxygen atoms in total. The highest BCUT2D eigenvalue weighted by molar-refractivity contribution is 7.99. The lowest BCUT2D eigenvalue weighted by atomic mass is 9.95. The molecule has 0 spiro atoms. The third-order valence-corrected chi connectivity index (χ3v) is 24.6. The third kappa shape index (κ3) is 40.3. The number of nitrogens with zero attached hydrogens (tertiary/aromatic N) is 1. The number of nitrogens with one attached hydrogen (secondary N) is 14. The van der Waals surface area contributed by atoms with Crippen LogP contribution in [0.25, 0.3) is 0 Å². The first-order valence-corrected chi connectivity index (χ1v) is 49.2. The van der Waals surface area contributed by atoms with Gasteiger partial charge in [0, 0.05) is 38.6 Å². The van der Waals surface area contributed by atoms with Gasteiger partial charge in [-0.25, -0.2) is 0 Å². The van der Waals surface area contributed by atoms with Crippen LogP contribution in [0.15, 0.2) is 78.9 Å². The van der Waals surface area contributed by atoms with E-state index in [1.165, 1.54) is 83.8 Å². The number of likely N-dealkylation sites (tertiary alicyclic amines) is 1. The van der Waals surface area contributed by atoms with Crippen LogP contribution in [0.5, 0.6) is 11.5 Å². The normalized spacial score (nSPS) is 16.5. The minimum absolute atomic E-state index is 0.0180. The third-order valence-electron chi connectivity index (χ3n) is 22.7. The second-order valence-corrected chi connectivity index (χ2v) is 37.0. The van der Waals surface area contributed by atoms with Gasteiger partial charge in [0.15, 0.2) is 0 Å². The van der Waals surface area contributed by atoms with Gasteiger partial charge in [0.1, 0.15) is 102 Å². The summed E-state index contributed by atoms with van der Waals surface area (Å²) in [5.74, 6) is -22.7. The predicted molar refractivity (Wildman–Crippen MR) is 507 cm³/mol. The maximum atomic E-state index is 15.3. The summed E-state index contributed by atoms with van der Waals surface area (Å²) in [4.78, 5) is 266. The fourth-order valence-electron chi connectivity index (χ4n) is 14.4. The Kier molecular flexibility index (Phi) is 51.4. The van der Waals surface area contributed by atoms with Crippen molar-refractivity contribution in [1.29, 1.82) is 0 Å². The Morgan fingerprint density at radius 3 is 1.08 bits per heavy atom. The molecule has 137 heavy (non-hydrogen) atoms. The molecule has 0 saturated carbocycles. The minimum Gasteiger partial charge on any atom is -0.508 e. The van der Waals surface area contributed by atoms with Gasteiger partial charge in [0.2, 0.25) is 94.5 Å². The van der Waals surface area contributed by atoms with Crippen LogP contribution in [-0.4, -0.2) is 316 Å². The standard InChI is InChI=1S/C90H135N17O27S3/c1-12-47(5)71(86(130)95-57(29-31-68(113)114)77(121)94-59(34-38-136-10)79(123)101-65(44-70(117)118)90(134)107-36-17-20-67(107)75(92)119)104-84(128)64(43-53-23-27-55(112)28-24-53)98-81(125)62(41-51-18-15-14-16-19-51)99-87(131)72(48(6)13-2)103-83(127)61(40-46(3)4)97-78(122)58(30-32-69(115)116)96-88(132)73(49(7)109)106-85(129)66(45-108)102-82(126)63(42-52-21-25-54(111)26-22-52)100-89(133)74(50(8)110)105-80(124)60(35-39-137-11)93-76(120)56(91)33-37-135-9/h14-16,18-19,21-28,46-50,56-67,71-74,108-112H,12-13,17,20,29-45,91H2,1-11H3,(H2,92,119)(H,93,120)(H,94,121)(H,95,130)(H,96,132)(H,97,122)(H,98,125)(H,99,131)(H,100,133)(H,101,123)(H,102,126)(H,103,127)(H,104,128)(H,105,124)(H,106,129)(H,113,114)(H,115,116)(H,117,118)/t47-,48-,49+,50+,56-,57-,58-,59-,60-,61-,62-,63-,64-,65-,66-,67-,71-,72-,73-,74-/m0/s1. The maximum absolute atomic E-state index is 15.3. The second kappa shape index (κ2) is 59.9. The number of amides is 16. The second-order valence-electron chi connectivity index (χ2n) is 34.1. The Morgan fingerprint density at radius 2 is 0.701 bits per heavy atom. The van der Waals surface area contributed by atoms with Crippen molar-refractivity contribution in [2.24, 2.45) is 29.2 Å². The number of carbonyl (C=O) groups is 19. The number of aliphatic hydroxyl groups is 3. The van der Waals surface area contributed by atoms with Crippen molar-refractivity contribution in [3.05, 3.63) is 95.6 Å². The van der Waals surface area contributed by atoms with E-state index < -0.39 is 284 Å². The number of phenols is 2. The molecule has 26 N–H and O–H groups in total. The number of aliphatic carboxylic acids is 3. The lowest BCUT2D eigenvalue weighted by molar-refractivity contribution is -0.145. The zero-order chi connectivity index (χ0) is 103. The maximum Gasteiger partial charge on any atom is 0.305 e. The van der Waals surface area contributed by atoms with Crippen LogP contribution < -0.4 is 85.9 Å². The van der Waals surface area contributed by atoms with Crippen molar-refractivity contribution in [3.8, 4) is 11.5 Å². The number of primary amides is 1. The summed E-state index contributed by atoms with van der Waals surface area (Å²) >= 11 is 4.02. The topological polar surface area (TPSA) is 710 Å². The van der Waals surface area contributed by atoms with Crippen LogP contribution in [0.4, 0.5) is 0 Å². The summed E-state index contributed by atoms with van der Waals surface area (Å²) in [7, 11) is 0. The highest BCUT2D eigenvalue weighted by Crippen LogP contribution is 2.23. The Bertz CT molecular complexity index is 4570. The molecule has 20 atom stereocenters. The van der Waals surface area contributed by atoms with Crippen molar-refractivity contribution in [2.75, 3.05) is 49.2 Å². The zero-order valence-corrected chi connectivity index (χ0v) is 81.1. The molecule has 1 aliphatic heterocycles. The van der Waals surface area contributed by atoms with Crippen molar-refractivity contribution < 1.29 is 132 Å². The molecule has 3 aromatic carbocycles. The van der Waals surface area contributed by atoms with E-state index in [2.05, 4.69) is 74.4 Å². The average molecular weight is 1980 g/mol. The van der Waals surface area contributed by atoms with Crippen molar-refractivity contribution in [1.82, 2.24) is 79.3 Å². The van der Waals surface area contributed by atoms with Crippen molar-refractivity contribution in [2.45, 2.75) is 267 Å². The summed E-state index contributed by atoms with van der Waals surface area (Å²) in [6.07, 6.45) is -2.38. The molecule has 1 fully saturated rings. The molecule has 0 aliphatic carbocycles. The summed E-state index contributed by atoms with van der Waals surface area (Å²) < 4.78 is 0. The van der Waals surface area contributed by atoms with E-state index in [1.807, 2.05) is 6.26 Å². The van der Waals surface area contributed by atoms with Gasteiger partial charge in [-0.2, -0.15) is 35.3 Å². The van der Waals surface area contributed by atoms with Gasteiger partial charge in [0.05, 0.1) is 31.3 Å². The van der Waals surface area contributed by atoms with Gasteiger partial charge < -0.3 is 132 Å². The number of thioether (sulfide) groups is 3. The highest BCUT2D eigenvalue weighted by atomic mass is 32.2. The molecule has 0 aromatic heterocycles. The zero-order valence-electron chi connectivity index (χ0n) is 78.6. The van der Waals surface area contributed by atoms with Crippen LogP contribution in [0.1, 0.15) is 156 Å². The quantitative estimate of drug-likeness (QED) is 0.0269. The molecule has 16 amide bonds. The molecule has 0 bridgehead atoms. The number of carboxylic acids is 3. The first kappa shape index (κ1) is 117. The lowest BCUT2D eigenvalue weighted by Gasteiger charge is -2.31. The van der Waals surface area contributed by atoms with E-state index in [9.17, 15) is 118 Å². The number of aliphatic hydroxyl groups excluding tert-OH is 3. The fourth-order valence-corrected chi connectivity index (χ4v) is 15.8. The van der Waals surface area contributed by atoms with Gasteiger partial charge >= 0.3 is 17.9 Å². The van der Waals surface area contributed by atoms with Crippen LogP contribution >= 0.6 is 35.3 Å². The summed E-state index contributed by atoms with van der Waals surface area (Å²) in [5.41, 5.74) is 12.7. The highest BCUT2D eigenvalue weighted by Gasteiger charge is 2.43. The van der Waals surface area contributed by atoms with E-state index in [0.29, 0.717) is 34.6 Å². The number of benzene rings is 3. The minimum atomic E-state index is -2.09. The SMILES string of the molecule is CC[C@H](C)[C@H](NC(=O)[C@H](CC(C)C)NC(=O)[C@H](CCC(=O)O)NC(=O)[C@@H](NC(=O)[C@H](CO)NC(=O)[C@H](Cc1ccc(O)cc1)NC(=O)[C@@H](NC(=O)[C@H](CCSC)NC(=O)[C@@H](N)CCSC)[C@@H](C)O)[C@@H](C)O)C(=O)N[C@@H](Cc1ccccc1)C(=O)N[C@@H](Cc1ccc(O)cc1)C(=O)N[C@H](C(=O)N[C@@H](CCC(=O)O)C(=O)N[C@@H](CCSC)C(=O)N[C@@H](CC(=O)O)C(=O)N1CCC[C@H]1C(N)=O)[C@@H](C)CC. The van der Waals surface area contributed by atoms with Gasteiger partial charge in [-0.05, 0) is 160 Å². The van der Waals surface area contributed by atoms with Gasteiger partial charge in [-0.1, -0.05) is 109 Å². The van der Waals surface area contributed by atoms with Gasteiger partial charge in [-0.3, -0.25) is 91.1 Å². The molecule has 47 heteroatoms. The molecular formula is C90H135N17O27S3. The molecule has 1 aliphatic rings. The van der Waals surface area contributed by atoms with Crippen LogP contribution in [0.3, 0.4) is 0 Å². The van der Waals surface area contributed by atoms with Gasteiger partial charge in [0.25, 0.3) is 0 Å². The summed E-state index contributed by atoms with van der Waals surface area (Å²) in [6, 6.07) is -7.14. The Labute approximate surface area is 807 Å². The number of carbonyl (C=O) groups excluding carboxylic acids is 16. The largest absolute Gasteiger partial charge is 0.508 e. The number of aromatic hydroxyl groups is 2. The number of carboxylic acid groups (broad SMARTS) is 3. The number of hydrogen-bond donors (Lipinski definition) is 24. The average Bonchev–Trinajstić information content (AvgIpc) is 1.76. The predicted octanol–water partition coefficient (Wildman–Crippen LogP) is -2.93. The van der Waals surface area contributed by atoms with E-state index in [0.717, 1.165) is 18.7 Å². The van der Waals surface area contributed by atoms with Crippen molar-refractivity contribution in [3.63, 3.8) is 0 Å². The molecular weight excluding hydrogens is 1850 g/mol. The number of phenolic OH excluding ortho intramolecular Hbond substituents is 2. The number of rotatable bonds is 62. The first-order valence-electron chi connectivity index (χ1n) is 45.0. The Hall–Kier alpha value is -11.9. The monoisotopic (exact) mass is 1980 g/mol. The molecule has 0 radical (unpaired) electrons. The van der Waals surface area contributed by atoms with Crippen molar-refractivity contribution >= 4 is 148 Å². The molecule has 1 heterocycles. The molecule has 4 rings (SSSR count). The summed E-state index contributed by atoms with van der Waals surface area (Å²) in [5, 5.41) is 118. The lowest BCUT2D eigenvalue weighted by Crippen LogP contribution is -2.63. The number of hydrogen-bond acceptors (Lipinski definition) is 28. The number of nitrogens with two attached hydrogens (primary N) is 2. The van der Waals surface area contributed by atoms with Gasteiger partial charge in [-0.15, -0.1) is 0 Å². The molecule has 3 aromatic rings. The van der Waals surface area contributed by atoms with Crippen LogP contribution in [0.2, 0.25) is 0 Å². The molecule has 1 saturated heterocycles. The van der Waals surface area contributed by atoms with Crippen LogP contribution in [-0.2, 0) is 110 Å². The Balaban J connectivity index is 1.66. The Morgan fingerprint density at radius 1 is 0.387 bits per heavy atom. The first-order chi connectivity index (χ1) is 64.7. The summed E-state index contributed by atoms with van der Waals surface area (Å²) in [6.45, 7) is 10.7. The smallest absolute Gasteiger partial charge is 0.305 e. The van der Waals surface area contributed by atoms with E-state index in [1.54, 1.807) is 84.4 Å². The fraction of sp³-hybridized carbons (Fsp3) is 0.589. The van der Waals surface area contributed by atoms with E-state index >= 15 is 14.4 Å². The van der Waals surface area contributed by atoms with E-state index in [4.69, 9.17) is 11.5 Å². The molecule has 0 unspecified atom stereocenters. The molecule has 760 valence electrons. The van der Waals surface area contributed by atoms with Crippen LogP contribution in [0, 0.1) is 17.8 Å².